The van der Waals surface area contributed by atoms with Crippen LogP contribution in [-0.2, 0) is 19.1 Å². The molecular weight excluding hydrogens is 300 g/mol. The maximum Gasteiger partial charge on any atom is 1.00 e. The van der Waals surface area contributed by atoms with Crippen molar-refractivity contribution < 1.29 is 88.4 Å². The number of nitrogens with zero attached hydrogens (tertiary/aromatic N) is 1. The van der Waals surface area contributed by atoms with E-state index in [4.69, 9.17) is 4.74 Å². The van der Waals surface area contributed by atoms with Gasteiger partial charge in [0.1, 0.15) is 6.61 Å². The summed E-state index contributed by atoms with van der Waals surface area (Å²) in [6.07, 6.45) is 0.605. The second-order valence-corrected chi connectivity index (χ2v) is 4.83. The molecule has 0 saturated heterocycles. The van der Waals surface area contributed by atoms with E-state index in [0.29, 0.717) is 6.42 Å². The standard InChI is InChI=1S/C12H21NO6.2Na/c1-4-12(2,3)11(18)19-6-5-13(7-9(14)15)8-10(16)17;;/h4-8H2,1-3H3,(H,14,15)(H,16,17);;/q;2*+1/p-2. The maximum atomic E-state index is 11.6. The van der Waals surface area contributed by atoms with E-state index in [1.54, 1.807) is 13.8 Å². The van der Waals surface area contributed by atoms with E-state index in [1.165, 1.54) is 0 Å². The maximum absolute atomic E-state index is 11.6. The summed E-state index contributed by atoms with van der Waals surface area (Å²) in [7, 11) is 0. The summed E-state index contributed by atoms with van der Waals surface area (Å²) in [5.41, 5.74) is -0.618. The quantitative estimate of drug-likeness (QED) is 0.307. The number of aliphatic carboxylic acids is 2. The largest absolute Gasteiger partial charge is 1.00 e. The van der Waals surface area contributed by atoms with Crippen LogP contribution in [-0.4, -0.2) is 49.0 Å². The molecule has 21 heavy (non-hydrogen) atoms. The van der Waals surface area contributed by atoms with Crippen LogP contribution >= 0.6 is 0 Å². The van der Waals surface area contributed by atoms with Crippen LogP contribution in [0.4, 0.5) is 0 Å². The molecule has 0 fully saturated rings. The van der Waals surface area contributed by atoms with E-state index >= 15 is 0 Å². The van der Waals surface area contributed by atoms with Gasteiger partial charge < -0.3 is 24.5 Å². The minimum Gasteiger partial charge on any atom is -0.549 e. The van der Waals surface area contributed by atoms with Crippen molar-refractivity contribution in [1.82, 2.24) is 4.90 Å². The molecule has 0 spiro atoms. The predicted octanol–water partition coefficient (Wildman–Crippen LogP) is -8.22. The van der Waals surface area contributed by atoms with Crippen molar-refractivity contribution in [3.05, 3.63) is 0 Å². The summed E-state index contributed by atoms with van der Waals surface area (Å²) >= 11 is 0. The Morgan fingerprint density at radius 3 is 1.81 bits per heavy atom. The van der Waals surface area contributed by atoms with Crippen molar-refractivity contribution >= 4 is 17.9 Å². The van der Waals surface area contributed by atoms with Crippen molar-refractivity contribution in [2.45, 2.75) is 27.2 Å². The molecule has 0 aliphatic carbocycles. The molecular formula is C12H19NNa2O6. The molecule has 7 nitrogen and oxygen atoms in total. The molecule has 0 N–H and O–H groups in total. The molecule has 0 radical (unpaired) electrons. The summed E-state index contributed by atoms with van der Waals surface area (Å²) in [5.74, 6) is -3.21. The van der Waals surface area contributed by atoms with Gasteiger partial charge in [-0.2, -0.15) is 0 Å². The molecule has 110 valence electrons. The van der Waals surface area contributed by atoms with E-state index in [0.717, 1.165) is 4.90 Å². The molecule has 0 atom stereocenters. The van der Waals surface area contributed by atoms with Crippen molar-refractivity contribution in [2.75, 3.05) is 26.2 Å². The fourth-order valence-corrected chi connectivity index (χ4v) is 1.19. The van der Waals surface area contributed by atoms with Crippen molar-refractivity contribution in [3.8, 4) is 0 Å². The van der Waals surface area contributed by atoms with Gasteiger partial charge in [-0.3, -0.25) is 9.69 Å². The van der Waals surface area contributed by atoms with Crippen LogP contribution in [0.2, 0.25) is 0 Å². The number of ether oxygens (including phenoxy) is 1. The molecule has 0 aromatic heterocycles. The summed E-state index contributed by atoms with van der Waals surface area (Å²) < 4.78 is 4.98. The van der Waals surface area contributed by atoms with Gasteiger partial charge in [0.05, 0.1) is 17.4 Å². The summed E-state index contributed by atoms with van der Waals surface area (Å²) in [4.78, 5) is 33.5. The van der Waals surface area contributed by atoms with Crippen LogP contribution in [0.3, 0.4) is 0 Å². The van der Waals surface area contributed by atoms with Gasteiger partial charge in [-0.15, -0.1) is 0 Å². The molecule has 9 heteroatoms. The fraction of sp³-hybridized carbons (Fsp3) is 0.750. The molecule has 0 aromatic rings. The first kappa shape index (κ1) is 26.3. The third-order valence-corrected chi connectivity index (χ3v) is 2.78. The zero-order valence-electron chi connectivity index (χ0n) is 13.4. The van der Waals surface area contributed by atoms with Crippen LogP contribution in [0.15, 0.2) is 0 Å². The molecule has 0 amide bonds. The second-order valence-electron chi connectivity index (χ2n) is 4.83. The molecule has 0 unspecified atom stereocenters. The van der Waals surface area contributed by atoms with Gasteiger partial charge in [0, 0.05) is 19.6 Å². The Labute approximate surface area is 169 Å². The van der Waals surface area contributed by atoms with E-state index < -0.39 is 36.4 Å². The Morgan fingerprint density at radius 1 is 1.05 bits per heavy atom. The normalized spacial score (nSPS) is 10.3. The molecule has 0 aliphatic rings. The summed E-state index contributed by atoms with van der Waals surface area (Å²) in [6, 6.07) is 0. The van der Waals surface area contributed by atoms with Crippen LogP contribution in [0.25, 0.3) is 0 Å². The average molecular weight is 319 g/mol. The summed E-state index contributed by atoms with van der Waals surface area (Å²) in [6.45, 7) is 4.12. The zero-order valence-corrected chi connectivity index (χ0v) is 17.4. The first-order valence-electron chi connectivity index (χ1n) is 5.98. The monoisotopic (exact) mass is 319 g/mol. The Bertz CT molecular complexity index is 333. The second kappa shape index (κ2) is 12.9. The molecule has 0 saturated carbocycles. The van der Waals surface area contributed by atoms with Gasteiger partial charge in [-0.1, -0.05) is 6.92 Å². The third kappa shape index (κ3) is 12.6. The summed E-state index contributed by atoms with van der Waals surface area (Å²) in [5, 5.41) is 20.8. The Morgan fingerprint density at radius 2 is 1.48 bits per heavy atom. The average Bonchev–Trinajstić information content (AvgIpc) is 2.26. The molecule has 0 aliphatic heterocycles. The third-order valence-electron chi connectivity index (χ3n) is 2.78. The number of carbonyl (C=O) groups excluding carboxylic acids is 3. The fourth-order valence-electron chi connectivity index (χ4n) is 1.19. The Hall–Kier alpha value is 0.370. The Balaban J connectivity index is -0.00000162. The van der Waals surface area contributed by atoms with Gasteiger partial charge >= 0.3 is 65.1 Å². The molecule has 0 rings (SSSR count). The number of carboxylic acid groups (broad SMARTS) is 2. The van der Waals surface area contributed by atoms with Crippen molar-refractivity contribution in [2.24, 2.45) is 5.41 Å². The van der Waals surface area contributed by atoms with E-state index in [9.17, 15) is 24.6 Å². The van der Waals surface area contributed by atoms with E-state index in [-0.39, 0.29) is 72.3 Å². The smallest absolute Gasteiger partial charge is 0.549 e. The van der Waals surface area contributed by atoms with Crippen molar-refractivity contribution in [3.63, 3.8) is 0 Å². The Kier molecular flexibility index (Phi) is 16.1. The predicted molar refractivity (Wildman–Crippen MR) is 61.5 cm³/mol. The molecule has 0 bridgehead atoms. The number of carboxylic acids is 2. The number of hydrogen-bond acceptors (Lipinski definition) is 7. The van der Waals surface area contributed by atoms with Crippen LogP contribution < -0.4 is 69.3 Å². The van der Waals surface area contributed by atoms with E-state index in [2.05, 4.69) is 0 Å². The van der Waals surface area contributed by atoms with Gasteiger partial charge in [-0.25, -0.2) is 0 Å². The van der Waals surface area contributed by atoms with Gasteiger partial charge in [0.2, 0.25) is 0 Å². The minimum atomic E-state index is -1.40. The number of hydrogen-bond donors (Lipinski definition) is 0. The number of esters is 1. The van der Waals surface area contributed by atoms with Crippen LogP contribution in [0.5, 0.6) is 0 Å². The van der Waals surface area contributed by atoms with Crippen LogP contribution in [0, 0.1) is 5.41 Å². The zero-order chi connectivity index (χ0) is 15.1. The van der Waals surface area contributed by atoms with Gasteiger partial charge in [0.15, 0.2) is 0 Å². The van der Waals surface area contributed by atoms with E-state index in [1.807, 2.05) is 6.92 Å². The first-order valence-corrected chi connectivity index (χ1v) is 5.98. The SMILES string of the molecule is CCC(C)(C)C(=O)OCCN(CC(=O)[O-])CC(=O)[O-].[Na+].[Na+]. The molecule has 0 aromatic carbocycles. The van der Waals surface area contributed by atoms with Crippen LogP contribution in [0.1, 0.15) is 27.2 Å². The van der Waals surface area contributed by atoms with Gasteiger partial charge in [-0.05, 0) is 20.3 Å². The minimum absolute atomic E-state index is 0. The van der Waals surface area contributed by atoms with Crippen molar-refractivity contribution in [1.29, 1.82) is 0 Å². The number of carbonyl (C=O) groups is 3. The molecule has 0 heterocycles. The van der Waals surface area contributed by atoms with Gasteiger partial charge in [0.25, 0.3) is 0 Å². The number of rotatable bonds is 9. The topological polar surface area (TPSA) is 110 Å². The first-order chi connectivity index (χ1) is 8.69.